The topological polar surface area (TPSA) is 39.2 Å². The Bertz CT molecular complexity index is 344. The van der Waals surface area contributed by atoms with Crippen LogP contribution in [0, 0.1) is 5.92 Å². The smallest absolute Gasteiger partial charge is 0.313 e. The van der Waals surface area contributed by atoms with Gasteiger partial charge < -0.3 is 4.74 Å². The predicted octanol–water partition coefficient (Wildman–Crippen LogP) is 2.53. The van der Waals surface area contributed by atoms with E-state index in [1.54, 1.807) is 12.4 Å². The second kappa shape index (κ2) is 5.10. The third kappa shape index (κ3) is 2.23. The van der Waals surface area contributed by atoms with Crippen molar-refractivity contribution in [1.82, 2.24) is 4.98 Å². The first kappa shape index (κ1) is 11.1. The lowest BCUT2D eigenvalue weighted by Crippen LogP contribution is -2.21. The number of ether oxygens (including phenoxy) is 1. The van der Waals surface area contributed by atoms with E-state index < -0.39 is 0 Å². The lowest BCUT2D eigenvalue weighted by molar-refractivity contribution is -0.143. The highest BCUT2D eigenvalue weighted by Gasteiger charge is 2.32. The summed E-state index contributed by atoms with van der Waals surface area (Å²) in [5, 5.41) is 0. The minimum absolute atomic E-state index is 0.124. The highest BCUT2D eigenvalue weighted by atomic mass is 16.5. The van der Waals surface area contributed by atoms with E-state index in [2.05, 4.69) is 4.98 Å². The molecule has 1 aromatic rings. The van der Waals surface area contributed by atoms with Crippen molar-refractivity contribution in [2.24, 2.45) is 5.92 Å². The van der Waals surface area contributed by atoms with Crippen LogP contribution in [0.2, 0.25) is 0 Å². The molecule has 0 N–H and O–H groups in total. The maximum atomic E-state index is 11.8. The van der Waals surface area contributed by atoms with Crippen molar-refractivity contribution in [1.29, 1.82) is 0 Å². The number of esters is 1. The molecule has 0 amide bonds. The van der Waals surface area contributed by atoms with Gasteiger partial charge in [0.15, 0.2) is 0 Å². The van der Waals surface area contributed by atoms with Crippen molar-refractivity contribution >= 4 is 5.97 Å². The Morgan fingerprint density at radius 3 is 2.81 bits per heavy atom. The van der Waals surface area contributed by atoms with Crippen LogP contribution >= 0.6 is 0 Å². The summed E-state index contributed by atoms with van der Waals surface area (Å²) in [6.45, 7) is 0. The Labute approximate surface area is 95.8 Å². The molecule has 3 nitrogen and oxygen atoms in total. The molecule has 1 fully saturated rings. The molecule has 1 heterocycles. The summed E-state index contributed by atoms with van der Waals surface area (Å²) in [5.74, 6) is 0.178. The van der Waals surface area contributed by atoms with E-state index in [1.165, 1.54) is 20.0 Å². The van der Waals surface area contributed by atoms with Crippen molar-refractivity contribution in [2.75, 3.05) is 7.11 Å². The number of carbonyl (C=O) groups is 1. The maximum absolute atomic E-state index is 11.8. The molecule has 86 valence electrons. The third-order valence-corrected chi connectivity index (χ3v) is 3.37. The molecule has 0 bridgehead atoms. The Morgan fingerprint density at radius 2 is 2.25 bits per heavy atom. The molecule has 1 aromatic heterocycles. The Hall–Kier alpha value is -1.38. The van der Waals surface area contributed by atoms with Crippen LogP contribution < -0.4 is 0 Å². The number of carbonyl (C=O) groups excluding carboxylic acids is 1. The van der Waals surface area contributed by atoms with Gasteiger partial charge in [0.25, 0.3) is 0 Å². The molecule has 0 aromatic carbocycles. The number of hydrogen-bond donors (Lipinski definition) is 0. The normalized spacial score (nSPS) is 18.3. The molecule has 2 rings (SSSR count). The fourth-order valence-corrected chi connectivity index (χ4v) is 2.58. The van der Waals surface area contributed by atoms with Gasteiger partial charge in [-0.3, -0.25) is 9.78 Å². The quantitative estimate of drug-likeness (QED) is 0.733. The molecular weight excluding hydrogens is 202 g/mol. The lowest BCUT2D eigenvalue weighted by Gasteiger charge is -2.20. The van der Waals surface area contributed by atoms with Crippen molar-refractivity contribution in [3.63, 3.8) is 0 Å². The zero-order valence-corrected chi connectivity index (χ0v) is 9.56. The van der Waals surface area contributed by atoms with Crippen LogP contribution in [0.15, 0.2) is 24.5 Å². The van der Waals surface area contributed by atoms with Gasteiger partial charge in [0, 0.05) is 12.4 Å². The minimum atomic E-state index is -0.125. The zero-order valence-electron chi connectivity index (χ0n) is 9.56. The molecule has 16 heavy (non-hydrogen) atoms. The first-order valence-electron chi connectivity index (χ1n) is 5.80. The Morgan fingerprint density at radius 1 is 1.50 bits per heavy atom. The first-order chi connectivity index (χ1) is 7.83. The van der Waals surface area contributed by atoms with E-state index >= 15 is 0 Å². The average molecular weight is 219 g/mol. The molecule has 0 radical (unpaired) electrons. The molecule has 0 saturated heterocycles. The van der Waals surface area contributed by atoms with E-state index in [0.717, 1.165) is 18.4 Å². The highest BCUT2D eigenvalue weighted by molar-refractivity contribution is 5.78. The van der Waals surface area contributed by atoms with Crippen LogP contribution in [-0.4, -0.2) is 18.1 Å². The largest absolute Gasteiger partial charge is 0.469 e. The van der Waals surface area contributed by atoms with Gasteiger partial charge in [-0.05, 0) is 30.4 Å². The standard InChI is InChI=1S/C13H17NO2/c1-16-13(15)12(10-5-2-3-6-10)11-7-4-8-14-9-11/h4,7-10,12H,2-3,5-6H2,1H3/t12-/m0/s1. The van der Waals surface area contributed by atoms with E-state index in [9.17, 15) is 4.79 Å². The highest BCUT2D eigenvalue weighted by Crippen LogP contribution is 2.37. The van der Waals surface area contributed by atoms with Gasteiger partial charge in [-0.1, -0.05) is 18.9 Å². The summed E-state index contributed by atoms with van der Waals surface area (Å²) >= 11 is 0. The van der Waals surface area contributed by atoms with E-state index in [-0.39, 0.29) is 11.9 Å². The number of hydrogen-bond acceptors (Lipinski definition) is 3. The molecule has 0 spiro atoms. The van der Waals surface area contributed by atoms with Crippen LogP contribution in [0.4, 0.5) is 0 Å². The zero-order chi connectivity index (χ0) is 11.4. The molecule has 1 atom stereocenters. The summed E-state index contributed by atoms with van der Waals surface area (Å²) in [6, 6.07) is 3.84. The SMILES string of the molecule is COC(=O)[C@H](c1cccnc1)C1CCCC1. The minimum Gasteiger partial charge on any atom is -0.469 e. The molecular formula is C13H17NO2. The lowest BCUT2D eigenvalue weighted by atomic mass is 9.86. The van der Waals surface area contributed by atoms with Crippen LogP contribution in [0.25, 0.3) is 0 Å². The fraction of sp³-hybridized carbons (Fsp3) is 0.538. The van der Waals surface area contributed by atoms with Gasteiger partial charge in [-0.15, -0.1) is 0 Å². The Kier molecular flexibility index (Phi) is 3.54. The summed E-state index contributed by atoms with van der Waals surface area (Å²) < 4.78 is 4.91. The molecule has 1 aliphatic carbocycles. The number of pyridine rings is 1. The molecule has 0 unspecified atom stereocenters. The Balaban J connectivity index is 2.24. The molecule has 3 heteroatoms. The first-order valence-corrected chi connectivity index (χ1v) is 5.80. The fourth-order valence-electron chi connectivity index (χ4n) is 2.58. The molecule has 0 aliphatic heterocycles. The van der Waals surface area contributed by atoms with E-state index in [4.69, 9.17) is 4.74 Å². The molecule has 1 saturated carbocycles. The molecule has 1 aliphatic rings. The number of aromatic nitrogens is 1. The number of rotatable bonds is 3. The van der Waals surface area contributed by atoms with Crippen molar-refractivity contribution in [3.8, 4) is 0 Å². The number of nitrogens with zero attached hydrogens (tertiary/aromatic N) is 1. The average Bonchev–Trinajstić information content (AvgIpc) is 2.84. The van der Waals surface area contributed by atoms with Gasteiger partial charge in [-0.25, -0.2) is 0 Å². The van der Waals surface area contributed by atoms with Gasteiger partial charge in [0.2, 0.25) is 0 Å². The van der Waals surface area contributed by atoms with Crippen molar-refractivity contribution in [3.05, 3.63) is 30.1 Å². The summed E-state index contributed by atoms with van der Waals surface area (Å²) in [7, 11) is 1.46. The van der Waals surface area contributed by atoms with Gasteiger partial charge in [-0.2, -0.15) is 0 Å². The second-order valence-electron chi connectivity index (χ2n) is 4.33. The summed E-state index contributed by atoms with van der Waals surface area (Å²) in [5.41, 5.74) is 0.987. The predicted molar refractivity (Wildman–Crippen MR) is 61.0 cm³/mol. The van der Waals surface area contributed by atoms with Crippen molar-refractivity contribution < 1.29 is 9.53 Å². The van der Waals surface area contributed by atoms with Crippen LogP contribution in [-0.2, 0) is 9.53 Å². The van der Waals surface area contributed by atoms with Crippen LogP contribution in [0.5, 0.6) is 0 Å². The third-order valence-electron chi connectivity index (χ3n) is 3.37. The number of methoxy groups -OCH3 is 1. The van der Waals surface area contributed by atoms with Crippen molar-refractivity contribution in [2.45, 2.75) is 31.6 Å². The second-order valence-corrected chi connectivity index (χ2v) is 4.33. The summed E-state index contributed by atoms with van der Waals surface area (Å²) in [4.78, 5) is 15.9. The van der Waals surface area contributed by atoms with Gasteiger partial charge in [0.05, 0.1) is 13.0 Å². The maximum Gasteiger partial charge on any atom is 0.313 e. The monoisotopic (exact) mass is 219 g/mol. The van der Waals surface area contributed by atoms with Gasteiger partial charge in [0.1, 0.15) is 0 Å². The van der Waals surface area contributed by atoms with E-state index in [0.29, 0.717) is 5.92 Å². The van der Waals surface area contributed by atoms with Gasteiger partial charge >= 0.3 is 5.97 Å². The van der Waals surface area contributed by atoms with E-state index in [1.807, 2.05) is 12.1 Å². The van der Waals surface area contributed by atoms with Crippen LogP contribution in [0.1, 0.15) is 37.2 Å². The summed E-state index contributed by atoms with van der Waals surface area (Å²) in [6.07, 6.45) is 8.19. The van der Waals surface area contributed by atoms with Crippen LogP contribution in [0.3, 0.4) is 0 Å².